The van der Waals surface area contributed by atoms with Crippen LogP contribution >= 0.6 is 0 Å². The molecule has 2 aromatic heterocycles. The molecule has 2 N–H and O–H groups in total. The molecule has 2 bridgehead atoms. The molecule has 1 atom stereocenters. The van der Waals surface area contributed by atoms with Gasteiger partial charge in [-0.1, -0.05) is 12.1 Å². The standard InChI is InChI=1S/C16H15F3N4.C12H18N2O4/c1-22-12-5-6-23(9-12)13-8-20-14(21-15(13)22)10-3-2-4-11(7-10)16(17,18)19;1-12(2,16)18-7-3-6-17-10-4-5-11(13-8-10)14-9-15/h2-4,7-8,12H,5-6,9H2,1H3;4-5,8-9,16H,3,6-7H2,1-2H3,(H,13,14,15). The number of carbonyl (C=O) groups excluding carboxylic acids is 1. The van der Waals surface area contributed by atoms with Crippen molar-refractivity contribution in [2.24, 2.45) is 0 Å². The Balaban J connectivity index is 0.000000196. The number of nitrogens with one attached hydrogen (secondary N) is 1. The molecule has 2 aliphatic heterocycles. The number of alkyl halides is 3. The van der Waals surface area contributed by atoms with Crippen LogP contribution in [0.15, 0.2) is 48.8 Å². The summed E-state index contributed by atoms with van der Waals surface area (Å²) >= 11 is 0. The fourth-order valence-corrected chi connectivity index (χ4v) is 4.45. The first-order valence-corrected chi connectivity index (χ1v) is 13.1. The normalized spacial score (nSPS) is 16.0. The van der Waals surface area contributed by atoms with Gasteiger partial charge in [-0.2, -0.15) is 13.2 Å². The van der Waals surface area contributed by atoms with Crippen LogP contribution in [0, 0.1) is 0 Å². The molecule has 10 nitrogen and oxygen atoms in total. The first-order chi connectivity index (χ1) is 19.4. The number of benzene rings is 1. The van der Waals surface area contributed by atoms with Gasteiger partial charge in [0.25, 0.3) is 0 Å². The zero-order chi connectivity index (χ0) is 29.6. The number of carbonyl (C=O) groups is 1. The molecule has 2 aliphatic rings. The van der Waals surface area contributed by atoms with E-state index in [1.54, 1.807) is 38.2 Å². The van der Waals surface area contributed by atoms with Crippen molar-refractivity contribution in [3.63, 3.8) is 0 Å². The van der Waals surface area contributed by atoms with Gasteiger partial charge in [-0.25, -0.2) is 15.0 Å². The van der Waals surface area contributed by atoms with Gasteiger partial charge in [0, 0.05) is 38.2 Å². The summed E-state index contributed by atoms with van der Waals surface area (Å²) in [6.07, 6.45) is 1.17. The maximum atomic E-state index is 12.9. The third-order valence-electron chi connectivity index (χ3n) is 6.54. The third-order valence-corrected chi connectivity index (χ3v) is 6.54. The molecule has 41 heavy (non-hydrogen) atoms. The van der Waals surface area contributed by atoms with Gasteiger partial charge >= 0.3 is 6.18 Å². The van der Waals surface area contributed by atoms with Gasteiger partial charge in [0.05, 0.1) is 36.9 Å². The van der Waals surface area contributed by atoms with E-state index >= 15 is 0 Å². The van der Waals surface area contributed by atoms with Crippen LogP contribution in [0.25, 0.3) is 11.4 Å². The Bertz CT molecular complexity index is 1320. The number of aromatic nitrogens is 3. The molecule has 0 radical (unpaired) electrons. The Kier molecular flexibility index (Phi) is 9.28. The molecule has 13 heteroatoms. The highest BCUT2D eigenvalue weighted by molar-refractivity contribution is 5.73. The number of amides is 1. The Hall–Kier alpha value is -3.97. The van der Waals surface area contributed by atoms with Crippen molar-refractivity contribution in [3.8, 4) is 17.1 Å². The van der Waals surface area contributed by atoms with Gasteiger partial charge in [0.1, 0.15) is 11.6 Å². The highest BCUT2D eigenvalue weighted by atomic mass is 19.4. The topological polar surface area (TPSA) is 113 Å². The summed E-state index contributed by atoms with van der Waals surface area (Å²) < 4.78 is 49.2. The molecule has 1 amide bonds. The van der Waals surface area contributed by atoms with Gasteiger partial charge < -0.3 is 29.7 Å². The third kappa shape index (κ3) is 8.04. The summed E-state index contributed by atoms with van der Waals surface area (Å²) in [5.41, 5.74) is 0.648. The van der Waals surface area contributed by atoms with Gasteiger partial charge in [-0.15, -0.1) is 0 Å². The van der Waals surface area contributed by atoms with E-state index in [4.69, 9.17) is 9.47 Å². The van der Waals surface area contributed by atoms with Crippen LogP contribution in [0.4, 0.5) is 30.5 Å². The SMILES string of the molecule is CC(C)(O)OCCCOc1ccc(NC=O)nc1.CN1c2nc(-c3cccc(C(F)(F)F)c3)ncc2N2CCC1C2. The lowest BCUT2D eigenvalue weighted by molar-refractivity contribution is -0.176. The molecule has 3 aromatic rings. The number of rotatable bonds is 9. The van der Waals surface area contributed by atoms with E-state index in [9.17, 15) is 23.1 Å². The molecular weight excluding hydrogens is 541 g/mol. The molecule has 0 aliphatic carbocycles. The molecule has 4 heterocycles. The van der Waals surface area contributed by atoms with Crippen LogP contribution < -0.4 is 19.9 Å². The Morgan fingerprint density at radius 1 is 1.15 bits per heavy atom. The van der Waals surface area contributed by atoms with Gasteiger partial charge in [0.2, 0.25) is 6.41 Å². The molecule has 220 valence electrons. The molecular formula is C28H33F3N6O4. The summed E-state index contributed by atoms with van der Waals surface area (Å²) in [6, 6.07) is 8.92. The number of ether oxygens (including phenoxy) is 2. The van der Waals surface area contributed by atoms with Crippen molar-refractivity contribution in [1.29, 1.82) is 0 Å². The maximum absolute atomic E-state index is 12.9. The van der Waals surface area contributed by atoms with Crippen LogP contribution in [0.1, 0.15) is 32.3 Å². The summed E-state index contributed by atoms with van der Waals surface area (Å²) in [5.74, 6) is 1.10. The fraction of sp³-hybridized carbons (Fsp3) is 0.429. The molecule has 1 fully saturated rings. The first kappa shape index (κ1) is 30.0. The number of likely N-dealkylation sites (N-methyl/N-ethyl adjacent to an activating group) is 1. The highest BCUT2D eigenvalue weighted by Crippen LogP contribution is 2.38. The summed E-state index contributed by atoms with van der Waals surface area (Å²) in [5, 5.41) is 11.7. The van der Waals surface area contributed by atoms with E-state index in [0.717, 1.165) is 43.1 Å². The summed E-state index contributed by atoms with van der Waals surface area (Å²) in [7, 11) is 1.98. The van der Waals surface area contributed by atoms with E-state index in [1.165, 1.54) is 12.3 Å². The van der Waals surface area contributed by atoms with Crippen LogP contribution in [0.5, 0.6) is 5.75 Å². The zero-order valence-electron chi connectivity index (χ0n) is 23.1. The largest absolute Gasteiger partial charge is 0.492 e. The highest BCUT2D eigenvalue weighted by Gasteiger charge is 2.35. The van der Waals surface area contributed by atoms with E-state index in [0.29, 0.717) is 55.0 Å². The number of fused-ring (bicyclic) bond motifs is 4. The van der Waals surface area contributed by atoms with Crippen LogP contribution in [-0.2, 0) is 15.7 Å². The first-order valence-electron chi connectivity index (χ1n) is 13.1. The second kappa shape index (κ2) is 12.7. The predicted molar refractivity (Wildman–Crippen MR) is 148 cm³/mol. The van der Waals surface area contributed by atoms with Crippen molar-refractivity contribution >= 4 is 23.7 Å². The van der Waals surface area contributed by atoms with Crippen molar-refractivity contribution < 1.29 is 32.5 Å². The van der Waals surface area contributed by atoms with Crippen molar-refractivity contribution in [1.82, 2.24) is 15.0 Å². The number of anilines is 3. The van der Waals surface area contributed by atoms with Crippen LogP contribution in [0.3, 0.4) is 0 Å². The Morgan fingerprint density at radius 2 is 1.95 bits per heavy atom. The average Bonchev–Trinajstić information content (AvgIpc) is 3.38. The number of halogens is 3. The monoisotopic (exact) mass is 574 g/mol. The van der Waals surface area contributed by atoms with E-state index in [1.807, 2.05) is 7.05 Å². The smallest absolute Gasteiger partial charge is 0.416 e. The number of aliphatic hydroxyl groups is 1. The van der Waals surface area contributed by atoms with Crippen molar-refractivity contribution in [2.75, 3.05) is 48.5 Å². The average molecular weight is 575 g/mol. The lowest BCUT2D eigenvalue weighted by atomic mass is 10.1. The van der Waals surface area contributed by atoms with Gasteiger partial charge in [-0.3, -0.25) is 4.79 Å². The van der Waals surface area contributed by atoms with Crippen LogP contribution in [0.2, 0.25) is 0 Å². The number of hydrogen-bond donors (Lipinski definition) is 2. The van der Waals surface area contributed by atoms with Gasteiger partial charge in [0.15, 0.2) is 17.4 Å². The minimum atomic E-state index is -4.37. The second-order valence-electron chi connectivity index (χ2n) is 10.1. The lowest BCUT2D eigenvalue weighted by Gasteiger charge is -2.34. The second-order valence-corrected chi connectivity index (χ2v) is 10.1. The molecule has 1 saturated heterocycles. The molecule has 0 saturated carbocycles. The quantitative estimate of drug-likeness (QED) is 0.219. The molecule has 1 unspecified atom stereocenters. The van der Waals surface area contributed by atoms with Gasteiger partial charge in [-0.05, 0) is 44.5 Å². The number of hydrogen-bond acceptors (Lipinski definition) is 9. The fourth-order valence-electron chi connectivity index (χ4n) is 4.45. The molecule has 0 spiro atoms. The zero-order valence-corrected chi connectivity index (χ0v) is 23.1. The molecule has 1 aromatic carbocycles. The summed E-state index contributed by atoms with van der Waals surface area (Å²) in [4.78, 5) is 27.3. The summed E-state index contributed by atoms with van der Waals surface area (Å²) in [6.45, 7) is 5.97. The van der Waals surface area contributed by atoms with Crippen LogP contribution in [-0.4, -0.2) is 71.6 Å². The Labute approximate surface area is 236 Å². The Morgan fingerprint density at radius 3 is 2.63 bits per heavy atom. The lowest BCUT2D eigenvalue weighted by Crippen LogP contribution is -2.40. The minimum absolute atomic E-state index is 0.323. The number of nitrogens with zero attached hydrogens (tertiary/aromatic N) is 5. The van der Waals surface area contributed by atoms with E-state index in [2.05, 4.69) is 30.1 Å². The predicted octanol–water partition coefficient (Wildman–Crippen LogP) is 4.35. The van der Waals surface area contributed by atoms with Crippen molar-refractivity contribution in [3.05, 3.63) is 54.4 Å². The van der Waals surface area contributed by atoms with E-state index < -0.39 is 17.5 Å². The maximum Gasteiger partial charge on any atom is 0.416 e. The minimum Gasteiger partial charge on any atom is -0.492 e. The van der Waals surface area contributed by atoms with Crippen molar-refractivity contribution in [2.45, 2.75) is 44.7 Å². The molecule has 5 rings (SSSR count). The number of pyridine rings is 1. The van der Waals surface area contributed by atoms with E-state index in [-0.39, 0.29) is 0 Å².